The zero-order chi connectivity index (χ0) is 64.1. The Bertz CT molecular complexity index is 3480. The maximum Gasteiger partial charge on any atom is 0.417 e. The molecule has 0 bridgehead atoms. The van der Waals surface area contributed by atoms with Crippen LogP contribution in [0.3, 0.4) is 0 Å². The van der Waals surface area contributed by atoms with Crippen LogP contribution in [0.1, 0.15) is 141 Å². The molecule has 4 atom stereocenters. The zero-order valence-electron chi connectivity index (χ0n) is 52.1. The van der Waals surface area contributed by atoms with Crippen LogP contribution >= 0.6 is 11.3 Å². The van der Waals surface area contributed by atoms with Crippen LogP contribution in [0, 0.1) is 19.8 Å². The van der Waals surface area contributed by atoms with Gasteiger partial charge in [0, 0.05) is 103 Å². The van der Waals surface area contributed by atoms with Crippen molar-refractivity contribution in [1.82, 2.24) is 45.4 Å². The van der Waals surface area contributed by atoms with Gasteiger partial charge in [-0.05, 0) is 85.7 Å². The molecule has 3 aliphatic rings. The topological polar surface area (TPSA) is 230 Å². The van der Waals surface area contributed by atoms with Crippen LogP contribution in [0.5, 0.6) is 0 Å². The van der Waals surface area contributed by atoms with Gasteiger partial charge in [0.1, 0.15) is 17.7 Å². The number of amides is 5. The second kappa shape index (κ2) is 30.9. The molecule has 23 heteroatoms. The number of aliphatic hydroxyl groups excluding tert-OH is 1. The molecule has 90 heavy (non-hydrogen) atoms. The van der Waals surface area contributed by atoms with Gasteiger partial charge in [-0.3, -0.25) is 33.7 Å². The van der Waals surface area contributed by atoms with Crippen molar-refractivity contribution in [3.63, 3.8) is 0 Å². The van der Waals surface area contributed by atoms with Crippen molar-refractivity contribution in [1.29, 1.82) is 0 Å². The molecular weight excluding hydrogens is 1180 g/mol. The number of aromatic nitrogens is 3. The summed E-state index contributed by atoms with van der Waals surface area (Å²) in [6.07, 6.45) is 3.28. The molecule has 5 N–H and O–H groups in total. The third-order valence-electron chi connectivity index (χ3n) is 17.4. The lowest BCUT2D eigenvalue weighted by atomic mass is 9.91. The first-order valence-electron chi connectivity index (χ1n) is 31.5. The lowest BCUT2D eigenvalue weighted by molar-refractivity contribution is -0.141. The van der Waals surface area contributed by atoms with Crippen LogP contribution in [-0.2, 0) is 31.9 Å². The highest BCUT2D eigenvalue weighted by atomic mass is 32.1. The fourth-order valence-corrected chi connectivity index (χ4v) is 13.1. The molecule has 3 aliphatic heterocycles. The first kappa shape index (κ1) is 66.7. The van der Waals surface area contributed by atoms with Crippen molar-refractivity contribution in [3.8, 4) is 21.6 Å². The minimum atomic E-state index is -4.91. The molecule has 9 rings (SSSR count). The number of anilines is 2. The van der Waals surface area contributed by atoms with E-state index in [1.165, 1.54) is 16.2 Å². The highest BCUT2D eigenvalue weighted by Gasteiger charge is 2.44. The number of thiazole rings is 1. The highest BCUT2D eigenvalue weighted by molar-refractivity contribution is 7.13. The van der Waals surface area contributed by atoms with E-state index in [9.17, 15) is 47.0 Å². The van der Waals surface area contributed by atoms with Gasteiger partial charge in [0.05, 0.1) is 62.8 Å². The number of halogens is 3. The quantitative estimate of drug-likeness (QED) is 0.0319. The van der Waals surface area contributed by atoms with Gasteiger partial charge in [0.15, 0.2) is 0 Å². The number of likely N-dealkylation sites (N-methyl/N-ethyl adjacent to an activating group) is 1. The Morgan fingerprint density at radius 3 is 2.18 bits per heavy atom. The molecule has 0 aliphatic carbocycles. The summed E-state index contributed by atoms with van der Waals surface area (Å²) in [5.74, 6) is -2.26. The third kappa shape index (κ3) is 17.6. The maximum absolute atomic E-state index is 14.2. The standard InChI is InChI=1S/C67H84F3N11O8S/c1-43(2)62(58-33-44(3)76-89-58)66(88)81-41-51(82)36-57(81)65(87)74-54(47-18-20-48(21-19-47)63-45(4)73-42-90-63)38-60(84)71-24-13-11-9-7-6-8-10-12-17-61(85)80-31-27-78(28-32-80)40-46-15-14-16-49(34-46)50-22-23-56(79-29-25-77(5)26-30-79)55(35-50)75-64(86)52-39-72-59(83)37-53(52)67(68,69)70/h14-16,18-23,33-35,37,39,42-43,51,54,57,62,82H,6-13,17,24-32,36,38,40-41H2,1-5H3,(H,71,84)(H,72,83)(H,74,87)(H,75,86)/t51-,54?,57+,62-/m1/s1. The summed E-state index contributed by atoms with van der Waals surface area (Å²) >= 11 is 1.54. The normalized spacial score (nSPS) is 17.4. The number of rotatable bonds is 26. The van der Waals surface area contributed by atoms with Crippen LogP contribution in [-0.4, -0.2) is 154 Å². The van der Waals surface area contributed by atoms with Crippen molar-refractivity contribution in [2.45, 2.75) is 135 Å². The van der Waals surface area contributed by atoms with Gasteiger partial charge in [-0.1, -0.05) is 106 Å². The summed E-state index contributed by atoms with van der Waals surface area (Å²) in [5, 5.41) is 23.7. The lowest BCUT2D eigenvalue weighted by Crippen LogP contribution is -2.49. The van der Waals surface area contributed by atoms with E-state index in [1.54, 1.807) is 24.6 Å². The van der Waals surface area contributed by atoms with Crippen LogP contribution < -0.4 is 26.4 Å². The van der Waals surface area contributed by atoms with Gasteiger partial charge in [0.2, 0.25) is 29.2 Å². The number of aryl methyl sites for hydroxylation is 2. The van der Waals surface area contributed by atoms with E-state index in [2.05, 4.69) is 51.8 Å². The zero-order valence-corrected chi connectivity index (χ0v) is 52.9. The smallest absolute Gasteiger partial charge is 0.391 e. The molecule has 3 saturated heterocycles. The van der Waals surface area contributed by atoms with E-state index in [-0.39, 0.29) is 43.0 Å². The fourth-order valence-electron chi connectivity index (χ4n) is 12.3. The summed E-state index contributed by atoms with van der Waals surface area (Å²) in [4.78, 5) is 98.2. The molecule has 0 spiro atoms. The summed E-state index contributed by atoms with van der Waals surface area (Å²) in [7, 11) is 2.02. The molecule has 0 radical (unpaired) electrons. The van der Waals surface area contributed by atoms with Gasteiger partial charge in [-0.15, -0.1) is 11.3 Å². The number of alkyl halides is 3. The van der Waals surface area contributed by atoms with E-state index < -0.39 is 58.8 Å². The van der Waals surface area contributed by atoms with Gasteiger partial charge in [0.25, 0.3) is 5.91 Å². The summed E-state index contributed by atoms with van der Waals surface area (Å²) in [6.45, 7) is 14.3. The van der Waals surface area contributed by atoms with Gasteiger partial charge < -0.3 is 50.2 Å². The Hall–Kier alpha value is -7.73. The molecule has 482 valence electrons. The molecule has 3 aromatic heterocycles. The Morgan fingerprint density at radius 1 is 0.822 bits per heavy atom. The van der Waals surface area contributed by atoms with Gasteiger partial charge >= 0.3 is 6.18 Å². The highest BCUT2D eigenvalue weighted by Crippen LogP contribution is 2.37. The van der Waals surface area contributed by atoms with Crippen LogP contribution in [0.15, 0.2) is 99.9 Å². The molecule has 6 aromatic rings. The number of nitrogens with zero attached hydrogens (tertiary/aromatic N) is 7. The van der Waals surface area contributed by atoms with E-state index >= 15 is 0 Å². The number of pyridine rings is 1. The van der Waals surface area contributed by atoms with Gasteiger partial charge in [-0.2, -0.15) is 13.2 Å². The Morgan fingerprint density at radius 2 is 1.51 bits per heavy atom. The predicted octanol–water partition coefficient (Wildman–Crippen LogP) is 9.71. The Kier molecular flexibility index (Phi) is 22.9. The van der Waals surface area contributed by atoms with Crippen molar-refractivity contribution >= 4 is 52.2 Å². The lowest BCUT2D eigenvalue weighted by Gasteiger charge is -2.35. The Labute approximate surface area is 527 Å². The SMILES string of the molecule is Cc1cc([C@H](C(=O)N2C[C@H](O)C[C@H]2C(=O)NC(CC(=O)NCCCCCCCCCCC(=O)N2CCN(Cc3cccc(-c4ccc(N5CCN(C)CC5)c(NC(=O)c5c[nH]c(=O)cc5C(F)(F)F)c4)c3)CC2)c2ccc(-c3scnc3C)cc2)C(C)C)on1. The largest absolute Gasteiger partial charge is 0.417 e. The molecule has 0 saturated carbocycles. The number of carbonyl (C=O) groups is 5. The minimum Gasteiger partial charge on any atom is -0.391 e. The summed E-state index contributed by atoms with van der Waals surface area (Å²) in [6, 6.07) is 21.9. The third-order valence-corrected chi connectivity index (χ3v) is 18.3. The average Bonchev–Trinajstić information content (AvgIpc) is 1.41. The average molecular weight is 1260 g/mol. The maximum atomic E-state index is 14.2. The number of benzene rings is 3. The second-order valence-corrected chi connectivity index (χ2v) is 25.4. The molecule has 19 nitrogen and oxygen atoms in total. The first-order valence-corrected chi connectivity index (χ1v) is 32.3. The number of H-pyrrole nitrogens is 1. The molecule has 3 aromatic carbocycles. The second-order valence-electron chi connectivity index (χ2n) is 24.5. The van der Waals surface area contributed by atoms with E-state index in [0.717, 1.165) is 122 Å². The van der Waals surface area contributed by atoms with Crippen LogP contribution in [0.4, 0.5) is 24.5 Å². The Balaban J connectivity index is 0.681. The predicted molar refractivity (Wildman–Crippen MR) is 341 cm³/mol. The number of unbranched alkanes of at least 4 members (excludes halogenated alkanes) is 7. The number of aromatic amines is 1. The number of piperazine rings is 2. The van der Waals surface area contributed by atoms with Crippen molar-refractivity contribution in [2.24, 2.45) is 5.92 Å². The fraction of sp³-hybridized carbons (Fsp3) is 0.493. The summed E-state index contributed by atoms with van der Waals surface area (Å²) < 4.78 is 47.5. The minimum absolute atomic E-state index is 0.00408. The number of carbonyl (C=O) groups excluding carboxylic acids is 5. The number of likely N-dealkylation sites (tertiary alicyclic amines) is 1. The van der Waals surface area contributed by atoms with Crippen molar-refractivity contribution < 1.29 is 46.8 Å². The molecule has 5 amide bonds. The van der Waals surface area contributed by atoms with E-state index in [4.69, 9.17) is 4.52 Å². The number of β-amino-alcohol motifs (C(OH)–C–C–N with tert-alkyl or cyclic N) is 1. The first-order chi connectivity index (χ1) is 43.2. The summed E-state index contributed by atoms with van der Waals surface area (Å²) in [5.41, 5.74) is 5.86. The van der Waals surface area contributed by atoms with E-state index in [0.29, 0.717) is 74.6 Å². The molecule has 3 fully saturated rings. The van der Waals surface area contributed by atoms with Gasteiger partial charge in [-0.25, -0.2) is 4.98 Å². The number of aliphatic hydroxyl groups is 1. The van der Waals surface area contributed by atoms with Crippen molar-refractivity contribution in [3.05, 3.63) is 140 Å². The number of hydrogen-bond acceptors (Lipinski definition) is 14. The molecule has 6 heterocycles. The van der Waals surface area contributed by atoms with Crippen molar-refractivity contribution in [2.75, 3.05) is 82.7 Å². The van der Waals surface area contributed by atoms with Crippen LogP contribution in [0.2, 0.25) is 0 Å². The molecule has 1 unspecified atom stereocenters. The van der Waals surface area contributed by atoms with E-state index in [1.807, 2.05) is 87.3 Å². The molecular formula is C67H84F3N11O8S. The van der Waals surface area contributed by atoms with Crippen LogP contribution in [0.25, 0.3) is 21.6 Å². The number of hydrogen-bond donors (Lipinski definition) is 5. The monoisotopic (exact) mass is 1260 g/mol. The number of nitrogens with one attached hydrogen (secondary N) is 4.